The highest BCUT2D eigenvalue weighted by atomic mass is 35.5. The van der Waals surface area contributed by atoms with E-state index in [1.807, 2.05) is 31.6 Å². The summed E-state index contributed by atoms with van der Waals surface area (Å²) in [6, 6.07) is 8.50. The second-order valence-corrected chi connectivity index (χ2v) is 8.43. The van der Waals surface area contributed by atoms with E-state index in [1.54, 1.807) is 23.1 Å². The molecule has 0 radical (unpaired) electrons. The van der Waals surface area contributed by atoms with Crippen LogP contribution in [0.4, 0.5) is 4.39 Å². The fourth-order valence-electron chi connectivity index (χ4n) is 4.02. The molecule has 6 nitrogen and oxygen atoms in total. The standard InChI is InChI=1S/C23H22ClFN6/c1-13-22(24)14(2)31(28-13)20-11-18(26-12-27-20)10-19-21(15-4-5-15)23(29-30(19)3)16-6-8-17(25)9-7-16/h6-9,11-12,15H,4-5,10H2,1-3H3. The summed E-state index contributed by atoms with van der Waals surface area (Å²) in [5, 5.41) is 9.94. The van der Waals surface area contributed by atoms with E-state index in [1.165, 1.54) is 17.7 Å². The lowest BCUT2D eigenvalue weighted by atomic mass is 10.00. The average Bonchev–Trinajstić information content (AvgIpc) is 3.51. The molecule has 0 amide bonds. The Kier molecular flexibility index (Phi) is 4.85. The van der Waals surface area contributed by atoms with Crippen LogP contribution >= 0.6 is 11.6 Å². The first kappa shape index (κ1) is 19.9. The molecule has 1 saturated carbocycles. The first-order valence-corrected chi connectivity index (χ1v) is 10.6. The van der Waals surface area contributed by atoms with Crippen molar-refractivity contribution in [3.8, 4) is 17.1 Å². The van der Waals surface area contributed by atoms with Crippen molar-refractivity contribution in [2.24, 2.45) is 7.05 Å². The fourth-order valence-corrected chi connectivity index (χ4v) is 4.14. The van der Waals surface area contributed by atoms with Gasteiger partial charge in [0.15, 0.2) is 5.82 Å². The van der Waals surface area contributed by atoms with Crippen LogP contribution in [0.3, 0.4) is 0 Å². The Bertz CT molecular complexity index is 1270. The monoisotopic (exact) mass is 436 g/mol. The summed E-state index contributed by atoms with van der Waals surface area (Å²) in [6.45, 7) is 3.80. The van der Waals surface area contributed by atoms with Crippen molar-refractivity contribution in [1.82, 2.24) is 29.5 Å². The number of nitrogens with zero attached hydrogens (tertiary/aromatic N) is 6. The molecule has 0 aliphatic heterocycles. The smallest absolute Gasteiger partial charge is 0.157 e. The maximum atomic E-state index is 13.4. The molecule has 0 bridgehead atoms. The van der Waals surface area contributed by atoms with Crippen molar-refractivity contribution in [1.29, 1.82) is 0 Å². The van der Waals surface area contributed by atoms with E-state index in [4.69, 9.17) is 16.7 Å². The number of aryl methyl sites for hydroxylation is 2. The van der Waals surface area contributed by atoms with Crippen molar-refractivity contribution in [2.75, 3.05) is 0 Å². The van der Waals surface area contributed by atoms with Crippen molar-refractivity contribution >= 4 is 11.6 Å². The van der Waals surface area contributed by atoms with Crippen LogP contribution < -0.4 is 0 Å². The van der Waals surface area contributed by atoms with Crippen LogP contribution in [0.1, 0.15) is 47.1 Å². The molecule has 1 aliphatic rings. The normalized spacial score (nSPS) is 13.7. The van der Waals surface area contributed by atoms with Gasteiger partial charge in [0.1, 0.15) is 12.1 Å². The highest BCUT2D eigenvalue weighted by molar-refractivity contribution is 6.31. The van der Waals surface area contributed by atoms with Crippen LogP contribution in [0.5, 0.6) is 0 Å². The number of hydrogen-bond donors (Lipinski definition) is 0. The third-order valence-electron chi connectivity index (χ3n) is 5.79. The first-order chi connectivity index (χ1) is 14.9. The molecule has 31 heavy (non-hydrogen) atoms. The highest BCUT2D eigenvalue weighted by Gasteiger charge is 2.32. The van der Waals surface area contributed by atoms with Gasteiger partial charge in [0, 0.05) is 36.4 Å². The van der Waals surface area contributed by atoms with Gasteiger partial charge in [-0.3, -0.25) is 4.68 Å². The summed E-state index contributed by atoms with van der Waals surface area (Å²) in [4.78, 5) is 8.89. The largest absolute Gasteiger partial charge is 0.271 e. The minimum atomic E-state index is -0.245. The lowest BCUT2D eigenvalue weighted by Crippen LogP contribution is -2.07. The molecule has 0 spiro atoms. The zero-order chi connectivity index (χ0) is 21.7. The molecule has 0 unspecified atom stereocenters. The van der Waals surface area contributed by atoms with Crippen molar-refractivity contribution in [3.63, 3.8) is 0 Å². The molecule has 3 heterocycles. The Hall–Kier alpha value is -3.06. The van der Waals surface area contributed by atoms with Crippen LogP contribution in [0.2, 0.25) is 5.02 Å². The molecule has 8 heteroatoms. The van der Waals surface area contributed by atoms with Gasteiger partial charge < -0.3 is 0 Å². The lowest BCUT2D eigenvalue weighted by molar-refractivity contribution is 0.628. The third-order valence-corrected chi connectivity index (χ3v) is 6.33. The zero-order valence-electron chi connectivity index (χ0n) is 17.6. The molecule has 1 aromatic carbocycles. The number of aromatic nitrogens is 6. The third kappa shape index (κ3) is 3.63. The van der Waals surface area contributed by atoms with Crippen LogP contribution in [-0.4, -0.2) is 29.5 Å². The van der Waals surface area contributed by atoms with Crippen LogP contribution in [0.25, 0.3) is 17.1 Å². The van der Waals surface area contributed by atoms with E-state index in [2.05, 4.69) is 15.1 Å². The van der Waals surface area contributed by atoms with Crippen LogP contribution in [-0.2, 0) is 13.5 Å². The summed E-state index contributed by atoms with van der Waals surface area (Å²) in [6.07, 6.45) is 4.47. The topological polar surface area (TPSA) is 61.4 Å². The summed E-state index contributed by atoms with van der Waals surface area (Å²) < 4.78 is 17.1. The van der Waals surface area contributed by atoms with E-state index in [-0.39, 0.29) is 5.82 Å². The minimum Gasteiger partial charge on any atom is -0.271 e. The Morgan fingerprint density at radius 1 is 1.10 bits per heavy atom. The molecule has 158 valence electrons. The molecule has 5 rings (SSSR count). The molecular formula is C23H22ClFN6. The number of rotatable bonds is 5. The molecular weight excluding hydrogens is 415 g/mol. The Morgan fingerprint density at radius 2 is 1.84 bits per heavy atom. The van der Waals surface area contributed by atoms with E-state index in [0.29, 0.717) is 23.2 Å². The maximum Gasteiger partial charge on any atom is 0.157 e. The molecule has 0 atom stereocenters. The van der Waals surface area contributed by atoms with E-state index in [0.717, 1.165) is 46.9 Å². The average molecular weight is 437 g/mol. The van der Waals surface area contributed by atoms with Gasteiger partial charge in [0.05, 0.1) is 27.8 Å². The quantitative estimate of drug-likeness (QED) is 0.444. The van der Waals surface area contributed by atoms with E-state index >= 15 is 0 Å². The maximum absolute atomic E-state index is 13.4. The van der Waals surface area contributed by atoms with Gasteiger partial charge in [-0.15, -0.1) is 0 Å². The van der Waals surface area contributed by atoms with E-state index < -0.39 is 0 Å². The van der Waals surface area contributed by atoms with Gasteiger partial charge >= 0.3 is 0 Å². The molecule has 3 aromatic heterocycles. The number of halogens is 2. The second kappa shape index (κ2) is 7.57. The van der Waals surface area contributed by atoms with Gasteiger partial charge in [-0.05, 0) is 56.9 Å². The van der Waals surface area contributed by atoms with Gasteiger partial charge in [0.2, 0.25) is 0 Å². The van der Waals surface area contributed by atoms with Gasteiger partial charge in [-0.1, -0.05) is 11.6 Å². The Balaban J connectivity index is 1.53. The van der Waals surface area contributed by atoms with Crippen LogP contribution in [0, 0.1) is 19.7 Å². The van der Waals surface area contributed by atoms with Gasteiger partial charge in [-0.25, -0.2) is 19.0 Å². The molecule has 0 N–H and O–H groups in total. The Morgan fingerprint density at radius 3 is 2.48 bits per heavy atom. The predicted octanol–water partition coefficient (Wildman–Crippen LogP) is 4.94. The lowest BCUT2D eigenvalue weighted by Gasteiger charge is -2.08. The van der Waals surface area contributed by atoms with Crippen molar-refractivity contribution < 1.29 is 4.39 Å². The summed E-state index contributed by atoms with van der Waals surface area (Å²) in [5.41, 5.74) is 6.73. The summed E-state index contributed by atoms with van der Waals surface area (Å²) in [5.74, 6) is 0.928. The minimum absolute atomic E-state index is 0.245. The number of hydrogen-bond acceptors (Lipinski definition) is 4. The zero-order valence-corrected chi connectivity index (χ0v) is 18.4. The summed E-state index contributed by atoms with van der Waals surface area (Å²) >= 11 is 6.31. The van der Waals surface area contributed by atoms with Crippen molar-refractivity contribution in [3.05, 3.63) is 75.8 Å². The fraction of sp³-hybridized carbons (Fsp3) is 0.304. The number of benzene rings is 1. The predicted molar refractivity (Wildman–Crippen MR) is 117 cm³/mol. The van der Waals surface area contributed by atoms with E-state index in [9.17, 15) is 4.39 Å². The molecule has 1 fully saturated rings. The van der Waals surface area contributed by atoms with Gasteiger partial charge in [-0.2, -0.15) is 10.2 Å². The molecule has 4 aromatic rings. The molecule has 0 saturated heterocycles. The second-order valence-electron chi connectivity index (χ2n) is 8.05. The summed E-state index contributed by atoms with van der Waals surface area (Å²) in [7, 11) is 1.96. The van der Waals surface area contributed by atoms with Gasteiger partial charge in [0.25, 0.3) is 0 Å². The SMILES string of the molecule is Cc1nn(-c2cc(Cc3c(C4CC4)c(-c4ccc(F)cc4)nn3C)ncn2)c(C)c1Cl. The molecule has 1 aliphatic carbocycles. The van der Waals surface area contributed by atoms with Crippen LogP contribution in [0.15, 0.2) is 36.7 Å². The Labute approximate surface area is 184 Å². The first-order valence-electron chi connectivity index (χ1n) is 10.3. The highest BCUT2D eigenvalue weighted by Crippen LogP contribution is 2.46. The van der Waals surface area contributed by atoms with Crippen molar-refractivity contribution in [2.45, 2.75) is 39.0 Å².